The molecule has 0 saturated carbocycles. The highest BCUT2D eigenvalue weighted by molar-refractivity contribution is 5.83. The standard InChI is InChI=1S/C25H31NO4/c1-28-21-10-8-19(9-11-21)23-7-3-2-5-20(23)17-25(12-15-29-16-13-25)24(27)26-18-22-6-4-14-30-22/h2-3,5,7-11,22H,4,6,12-18H2,1H3,(H,26,27)/t22-/m1/s1. The molecule has 2 aliphatic rings. The Morgan fingerprint density at radius 2 is 1.87 bits per heavy atom. The van der Waals surface area contributed by atoms with Crippen molar-refractivity contribution in [2.45, 2.75) is 38.2 Å². The zero-order chi connectivity index (χ0) is 20.8. The Balaban J connectivity index is 1.56. The highest BCUT2D eigenvalue weighted by Gasteiger charge is 2.40. The number of ether oxygens (including phenoxy) is 3. The molecule has 0 aliphatic carbocycles. The van der Waals surface area contributed by atoms with Gasteiger partial charge in [-0.1, -0.05) is 36.4 Å². The summed E-state index contributed by atoms with van der Waals surface area (Å²) in [5.41, 5.74) is 3.04. The molecule has 2 fully saturated rings. The van der Waals surface area contributed by atoms with Crippen molar-refractivity contribution in [2.24, 2.45) is 5.41 Å². The largest absolute Gasteiger partial charge is 0.497 e. The summed E-state index contributed by atoms with van der Waals surface area (Å²) in [6.07, 6.45) is 4.43. The summed E-state index contributed by atoms with van der Waals surface area (Å²) in [6, 6.07) is 16.5. The lowest BCUT2D eigenvalue weighted by atomic mass is 9.73. The average Bonchev–Trinajstić information content (AvgIpc) is 3.32. The molecule has 2 aromatic rings. The second kappa shape index (κ2) is 9.63. The minimum absolute atomic E-state index is 0.130. The van der Waals surface area contributed by atoms with Crippen LogP contribution in [0.1, 0.15) is 31.2 Å². The molecule has 2 saturated heterocycles. The molecule has 2 aliphatic heterocycles. The van der Waals surface area contributed by atoms with Crippen LogP contribution in [0.3, 0.4) is 0 Å². The van der Waals surface area contributed by atoms with Gasteiger partial charge >= 0.3 is 0 Å². The monoisotopic (exact) mass is 409 g/mol. The summed E-state index contributed by atoms with van der Waals surface area (Å²) in [7, 11) is 1.67. The van der Waals surface area contributed by atoms with Gasteiger partial charge in [0.15, 0.2) is 0 Å². The van der Waals surface area contributed by atoms with E-state index >= 15 is 0 Å². The van der Waals surface area contributed by atoms with E-state index in [-0.39, 0.29) is 12.0 Å². The summed E-state index contributed by atoms with van der Waals surface area (Å²) < 4.78 is 16.6. The minimum Gasteiger partial charge on any atom is -0.497 e. The van der Waals surface area contributed by atoms with Gasteiger partial charge in [0.25, 0.3) is 0 Å². The van der Waals surface area contributed by atoms with Crippen molar-refractivity contribution in [2.75, 3.05) is 33.5 Å². The van der Waals surface area contributed by atoms with Crippen molar-refractivity contribution in [3.8, 4) is 16.9 Å². The third-order valence-corrected chi connectivity index (χ3v) is 6.39. The Hall–Kier alpha value is -2.37. The third kappa shape index (κ3) is 4.68. The van der Waals surface area contributed by atoms with Crippen LogP contribution in [0.25, 0.3) is 11.1 Å². The number of rotatable bonds is 7. The maximum absolute atomic E-state index is 13.4. The van der Waals surface area contributed by atoms with Crippen LogP contribution in [-0.4, -0.2) is 45.5 Å². The highest BCUT2D eigenvalue weighted by atomic mass is 16.5. The smallest absolute Gasteiger partial charge is 0.226 e. The summed E-state index contributed by atoms with van der Waals surface area (Å²) in [5.74, 6) is 0.969. The van der Waals surface area contributed by atoms with Crippen LogP contribution < -0.4 is 10.1 Å². The molecule has 0 aromatic heterocycles. The maximum Gasteiger partial charge on any atom is 0.226 e. The minimum atomic E-state index is -0.445. The Labute approximate surface area is 178 Å². The van der Waals surface area contributed by atoms with Gasteiger partial charge < -0.3 is 19.5 Å². The van der Waals surface area contributed by atoms with Crippen molar-refractivity contribution < 1.29 is 19.0 Å². The van der Waals surface area contributed by atoms with E-state index in [0.29, 0.717) is 26.2 Å². The molecule has 2 heterocycles. The van der Waals surface area contributed by atoms with E-state index in [1.165, 1.54) is 5.56 Å². The van der Waals surface area contributed by atoms with E-state index in [1.54, 1.807) is 7.11 Å². The quantitative estimate of drug-likeness (QED) is 0.751. The first kappa shape index (κ1) is 20.9. The number of methoxy groups -OCH3 is 1. The van der Waals surface area contributed by atoms with Gasteiger partial charge in [-0.25, -0.2) is 0 Å². The van der Waals surface area contributed by atoms with E-state index < -0.39 is 5.41 Å². The van der Waals surface area contributed by atoms with Crippen LogP contribution in [0.15, 0.2) is 48.5 Å². The molecule has 2 aromatic carbocycles. The lowest BCUT2D eigenvalue weighted by Gasteiger charge is -2.36. The van der Waals surface area contributed by atoms with Crippen LogP contribution in [0.5, 0.6) is 5.75 Å². The molecular weight excluding hydrogens is 378 g/mol. The predicted octanol–water partition coefficient (Wildman–Crippen LogP) is 4.00. The first-order valence-electron chi connectivity index (χ1n) is 10.9. The van der Waals surface area contributed by atoms with Gasteiger partial charge in [0.05, 0.1) is 18.6 Å². The van der Waals surface area contributed by atoms with E-state index in [9.17, 15) is 4.79 Å². The first-order valence-corrected chi connectivity index (χ1v) is 10.9. The van der Waals surface area contributed by atoms with Crippen molar-refractivity contribution in [3.05, 3.63) is 54.1 Å². The molecule has 1 atom stereocenters. The van der Waals surface area contributed by atoms with Crippen LogP contribution >= 0.6 is 0 Å². The highest BCUT2D eigenvalue weighted by Crippen LogP contribution is 2.38. The lowest BCUT2D eigenvalue weighted by molar-refractivity contribution is -0.137. The molecule has 0 bridgehead atoms. The Bertz CT molecular complexity index is 836. The van der Waals surface area contributed by atoms with Crippen molar-refractivity contribution in [3.63, 3.8) is 0 Å². The SMILES string of the molecule is COc1ccc(-c2ccccc2CC2(C(=O)NC[C@H]3CCCO3)CCOCC2)cc1. The number of benzene rings is 2. The van der Waals surface area contributed by atoms with Crippen LogP contribution in [0, 0.1) is 5.41 Å². The molecular formula is C25H31NO4. The Morgan fingerprint density at radius 3 is 2.57 bits per heavy atom. The average molecular weight is 410 g/mol. The maximum atomic E-state index is 13.4. The zero-order valence-electron chi connectivity index (χ0n) is 17.7. The van der Waals surface area contributed by atoms with Gasteiger partial charge in [0, 0.05) is 26.4 Å². The van der Waals surface area contributed by atoms with Gasteiger partial charge in [-0.2, -0.15) is 0 Å². The summed E-state index contributed by atoms with van der Waals surface area (Å²) >= 11 is 0. The zero-order valence-corrected chi connectivity index (χ0v) is 17.7. The molecule has 160 valence electrons. The number of nitrogens with one attached hydrogen (secondary N) is 1. The van der Waals surface area contributed by atoms with Crippen LogP contribution in [-0.2, 0) is 20.7 Å². The Kier molecular flexibility index (Phi) is 6.70. The van der Waals surface area contributed by atoms with Crippen molar-refractivity contribution in [1.29, 1.82) is 0 Å². The second-order valence-electron chi connectivity index (χ2n) is 8.30. The van der Waals surface area contributed by atoms with Gasteiger partial charge in [-0.15, -0.1) is 0 Å². The van der Waals surface area contributed by atoms with Gasteiger partial charge in [-0.05, 0) is 60.9 Å². The van der Waals surface area contributed by atoms with Crippen molar-refractivity contribution >= 4 is 5.91 Å². The van der Waals surface area contributed by atoms with Gasteiger partial charge in [0.1, 0.15) is 5.75 Å². The van der Waals surface area contributed by atoms with Crippen LogP contribution in [0.2, 0.25) is 0 Å². The molecule has 0 radical (unpaired) electrons. The second-order valence-corrected chi connectivity index (χ2v) is 8.30. The normalized spacial score (nSPS) is 20.6. The van der Waals surface area contributed by atoms with E-state index in [2.05, 4.69) is 41.7 Å². The van der Waals surface area contributed by atoms with Crippen molar-refractivity contribution in [1.82, 2.24) is 5.32 Å². The number of amides is 1. The van der Waals surface area contributed by atoms with Crippen LogP contribution in [0.4, 0.5) is 0 Å². The first-order chi connectivity index (χ1) is 14.7. The fraction of sp³-hybridized carbons (Fsp3) is 0.480. The van der Waals surface area contributed by atoms with E-state index in [4.69, 9.17) is 14.2 Å². The topological polar surface area (TPSA) is 56.8 Å². The molecule has 0 unspecified atom stereocenters. The predicted molar refractivity (Wildman–Crippen MR) is 117 cm³/mol. The third-order valence-electron chi connectivity index (χ3n) is 6.39. The van der Waals surface area contributed by atoms with Gasteiger partial charge in [-0.3, -0.25) is 4.79 Å². The molecule has 30 heavy (non-hydrogen) atoms. The number of carbonyl (C=O) groups excluding carboxylic acids is 1. The summed E-state index contributed by atoms with van der Waals surface area (Å²) in [4.78, 5) is 13.4. The Morgan fingerprint density at radius 1 is 1.10 bits per heavy atom. The summed E-state index contributed by atoms with van der Waals surface area (Å²) in [5, 5.41) is 3.19. The molecule has 0 spiro atoms. The summed E-state index contributed by atoms with van der Waals surface area (Å²) in [6.45, 7) is 2.65. The fourth-order valence-corrected chi connectivity index (χ4v) is 4.54. The number of hydrogen-bond donors (Lipinski definition) is 1. The van der Waals surface area contributed by atoms with E-state index in [0.717, 1.165) is 49.2 Å². The fourth-order valence-electron chi connectivity index (χ4n) is 4.54. The molecule has 1 N–H and O–H groups in total. The lowest BCUT2D eigenvalue weighted by Crippen LogP contribution is -2.48. The molecule has 5 nitrogen and oxygen atoms in total. The number of carbonyl (C=O) groups is 1. The van der Waals surface area contributed by atoms with E-state index in [1.807, 2.05) is 12.1 Å². The van der Waals surface area contributed by atoms with Gasteiger partial charge in [0.2, 0.25) is 5.91 Å². The molecule has 5 heteroatoms. The molecule has 4 rings (SSSR count). The molecule has 1 amide bonds. The number of hydrogen-bond acceptors (Lipinski definition) is 4.